The molecule has 0 saturated heterocycles. The molecule has 1 rings (SSSR count). The Morgan fingerprint density at radius 2 is 1.68 bits per heavy atom. The van der Waals surface area contributed by atoms with Gasteiger partial charge < -0.3 is 20.5 Å². The zero-order chi connectivity index (χ0) is 16.6. The maximum absolute atomic E-state index is 11.7. The lowest BCUT2D eigenvalue weighted by atomic mass is 10.0. The monoisotopic (exact) mass is 309 g/mol. The Hall–Kier alpha value is -2.28. The number of benzene rings is 1. The van der Waals surface area contributed by atoms with E-state index in [2.05, 4.69) is 16.0 Å². The Labute approximate surface area is 130 Å². The molecule has 0 aliphatic rings. The molecule has 7 heteroatoms. The molecule has 1 aromatic carbocycles. The van der Waals surface area contributed by atoms with Crippen molar-refractivity contribution in [3.63, 3.8) is 0 Å². The summed E-state index contributed by atoms with van der Waals surface area (Å²) in [5.41, 5.74) is 0.214. The molecule has 1 aromatic rings. The first kappa shape index (κ1) is 17.8. The number of amides is 3. The third-order valence-electron chi connectivity index (χ3n) is 3.06. The van der Waals surface area contributed by atoms with Crippen LogP contribution in [0.1, 0.15) is 27.2 Å². The fourth-order valence-corrected chi connectivity index (χ4v) is 1.49. The van der Waals surface area contributed by atoms with Gasteiger partial charge in [0.2, 0.25) is 0 Å². The van der Waals surface area contributed by atoms with Gasteiger partial charge in [-0.3, -0.25) is 5.32 Å². The van der Waals surface area contributed by atoms with Crippen LogP contribution in [0, 0.1) is 0 Å². The molecule has 122 valence electrons. The van der Waals surface area contributed by atoms with Crippen LogP contribution in [-0.2, 0) is 4.74 Å². The number of hydrogen-bond donors (Lipinski definition) is 4. The van der Waals surface area contributed by atoms with Gasteiger partial charge in [-0.25, -0.2) is 9.59 Å². The average molecular weight is 309 g/mol. The van der Waals surface area contributed by atoms with E-state index < -0.39 is 17.7 Å². The average Bonchev–Trinajstić information content (AvgIpc) is 2.48. The van der Waals surface area contributed by atoms with E-state index in [1.807, 2.05) is 6.92 Å². The summed E-state index contributed by atoms with van der Waals surface area (Å²) >= 11 is 0. The lowest BCUT2D eigenvalue weighted by Crippen LogP contribution is -2.41. The number of urea groups is 1. The summed E-state index contributed by atoms with van der Waals surface area (Å²) in [4.78, 5) is 22.9. The van der Waals surface area contributed by atoms with Crippen molar-refractivity contribution in [2.75, 3.05) is 23.8 Å². The van der Waals surface area contributed by atoms with Crippen LogP contribution >= 0.6 is 0 Å². The predicted octanol–water partition coefficient (Wildman–Crippen LogP) is 2.54. The number of carbonyl (C=O) groups is 2. The van der Waals surface area contributed by atoms with Gasteiger partial charge in [0.15, 0.2) is 0 Å². The van der Waals surface area contributed by atoms with Crippen LogP contribution in [0.4, 0.5) is 21.0 Å². The summed E-state index contributed by atoms with van der Waals surface area (Å²) < 4.78 is 4.76. The molecule has 4 N–H and O–H groups in total. The highest BCUT2D eigenvalue weighted by Gasteiger charge is 2.18. The number of nitrogens with one attached hydrogen (secondary N) is 3. The van der Waals surface area contributed by atoms with Gasteiger partial charge in [-0.1, -0.05) is 6.92 Å². The molecule has 0 saturated carbocycles. The molecule has 0 radical (unpaired) electrons. The summed E-state index contributed by atoms with van der Waals surface area (Å²) in [6, 6.07) is 6.20. The third kappa shape index (κ3) is 6.45. The van der Waals surface area contributed by atoms with Gasteiger partial charge in [-0.2, -0.15) is 0 Å². The Kier molecular flexibility index (Phi) is 6.65. The molecular weight excluding hydrogens is 286 g/mol. The molecule has 1 atom stereocenters. The van der Waals surface area contributed by atoms with Gasteiger partial charge in [0.1, 0.15) is 0 Å². The van der Waals surface area contributed by atoms with E-state index in [-0.39, 0.29) is 6.54 Å². The number of ether oxygens (including phenoxy) is 1. The van der Waals surface area contributed by atoms with Crippen LogP contribution < -0.4 is 16.0 Å². The molecule has 0 fully saturated rings. The summed E-state index contributed by atoms with van der Waals surface area (Å²) in [5.74, 6) is 0. The second-order valence-corrected chi connectivity index (χ2v) is 5.08. The van der Waals surface area contributed by atoms with Gasteiger partial charge in [0, 0.05) is 17.9 Å². The fraction of sp³-hybridized carbons (Fsp3) is 0.467. The van der Waals surface area contributed by atoms with Crippen molar-refractivity contribution in [2.24, 2.45) is 0 Å². The molecule has 0 aliphatic carbocycles. The number of hydrogen-bond acceptors (Lipinski definition) is 4. The van der Waals surface area contributed by atoms with E-state index in [4.69, 9.17) is 4.74 Å². The van der Waals surface area contributed by atoms with E-state index in [0.29, 0.717) is 24.4 Å². The van der Waals surface area contributed by atoms with E-state index in [1.165, 1.54) is 0 Å². The number of carbonyl (C=O) groups excluding carboxylic acids is 2. The molecule has 0 aromatic heterocycles. The summed E-state index contributed by atoms with van der Waals surface area (Å²) in [5, 5.41) is 17.6. The maximum Gasteiger partial charge on any atom is 0.411 e. The summed E-state index contributed by atoms with van der Waals surface area (Å²) in [6.07, 6.45) is 0.0179. The Bertz CT molecular complexity index is 500. The van der Waals surface area contributed by atoms with Crippen molar-refractivity contribution in [3.8, 4) is 0 Å². The lowest BCUT2D eigenvalue weighted by Gasteiger charge is -2.21. The maximum atomic E-state index is 11.7. The van der Waals surface area contributed by atoms with Crippen molar-refractivity contribution in [2.45, 2.75) is 32.8 Å². The Morgan fingerprint density at radius 3 is 2.18 bits per heavy atom. The zero-order valence-corrected chi connectivity index (χ0v) is 13.1. The van der Waals surface area contributed by atoms with Crippen LogP contribution in [0.5, 0.6) is 0 Å². The highest BCUT2D eigenvalue weighted by molar-refractivity contribution is 5.90. The third-order valence-corrected chi connectivity index (χ3v) is 3.06. The molecule has 0 spiro atoms. The topological polar surface area (TPSA) is 99.7 Å². The van der Waals surface area contributed by atoms with Gasteiger partial charge in [0.25, 0.3) is 0 Å². The second kappa shape index (κ2) is 8.23. The molecule has 1 unspecified atom stereocenters. The normalized spacial score (nSPS) is 12.9. The Morgan fingerprint density at radius 1 is 1.14 bits per heavy atom. The molecule has 0 bridgehead atoms. The van der Waals surface area contributed by atoms with Crippen molar-refractivity contribution < 1.29 is 19.4 Å². The van der Waals surface area contributed by atoms with Crippen molar-refractivity contribution >= 4 is 23.5 Å². The minimum atomic E-state index is -0.926. The molecule has 22 heavy (non-hydrogen) atoms. The van der Waals surface area contributed by atoms with E-state index in [1.54, 1.807) is 38.1 Å². The quantitative estimate of drug-likeness (QED) is 0.649. The lowest BCUT2D eigenvalue weighted by molar-refractivity contribution is 0.0587. The van der Waals surface area contributed by atoms with Crippen molar-refractivity contribution in [3.05, 3.63) is 24.3 Å². The second-order valence-electron chi connectivity index (χ2n) is 5.08. The van der Waals surface area contributed by atoms with Gasteiger partial charge in [0.05, 0.1) is 12.2 Å². The first-order valence-corrected chi connectivity index (χ1v) is 7.17. The minimum absolute atomic E-state index is 0.165. The molecular formula is C15H23N3O4. The van der Waals surface area contributed by atoms with Gasteiger partial charge in [-0.15, -0.1) is 0 Å². The van der Waals surface area contributed by atoms with Crippen LogP contribution in [0.25, 0.3) is 0 Å². The number of rotatable bonds is 6. The van der Waals surface area contributed by atoms with Gasteiger partial charge >= 0.3 is 12.1 Å². The SMILES string of the molecule is CCOC(=O)Nc1ccc(NC(=O)NCC(C)(O)CC)cc1. The first-order valence-electron chi connectivity index (χ1n) is 7.17. The molecule has 3 amide bonds. The number of anilines is 2. The highest BCUT2D eigenvalue weighted by atomic mass is 16.5. The van der Waals surface area contributed by atoms with Crippen LogP contribution in [0.3, 0.4) is 0 Å². The van der Waals surface area contributed by atoms with E-state index in [9.17, 15) is 14.7 Å². The largest absolute Gasteiger partial charge is 0.450 e. The summed E-state index contributed by atoms with van der Waals surface area (Å²) in [6.45, 7) is 5.68. The van der Waals surface area contributed by atoms with Crippen LogP contribution in [0.15, 0.2) is 24.3 Å². The standard InChI is InChI=1S/C15H23N3O4/c1-4-15(3,21)10-16-13(19)17-11-6-8-12(9-7-11)18-14(20)22-5-2/h6-9,21H,4-5,10H2,1-3H3,(H,18,20)(H2,16,17,19). The Balaban J connectivity index is 2.47. The smallest absolute Gasteiger partial charge is 0.411 e. The van der Waals surface area contributed by atoms with Crippen molar-refractivity contribution in [1.82, 2.24) is 5.32 Å². The van der Waals surface area contributed by atoms with Crippen LogP contribution in [0.2, 0.25) is 0 Å². The van der Waals surface area contributed by atoms with Crippen molar-refractivity contribution in [1.29, 1.82) is 0 Å². The summed E-state index contributed by atoms with van der Waals surface area (Å²) in [7, 11) is 0. The molecule has 0 aliphatic heterocycles. The van der Waals surface area contributed by atoms with Crippen LogP contribution in [-0.4, -0.2) is 36.0 Å². The molecule has 7 nitrogen and oxygen atoms in total. The predicted molar refractivity (Wildman–Crippen MR) is 85.0 cm³/mol. The van der Waals surface area contributed by atoms with E-state index in [0.717, 1.165) is 0 Å². The highest BCUT2D eigenvalue weighted by Crippen LogP contribution is 2.14. The first-order chi connectivity index (χ1) is 10.4. The minimum Gasteiger partial charge on any atom is -0.450 e. The zero-order valence-electron chi connectivity index (χ0n) is 13.1. The number of aliphatic hydroxyl groups is 1. The van der Waals surface area contributed by atoms with E-state index >= 15 is 0 Å². The molecule has 0 heterocycles. The van der Waals surface area contributed by atoms with Gasteiger partial charge in [-0.05, 0) is 44.5 Å². The fourth-order valence-electron chi connectivity index (χ4n) is 1.49.